The molecule has 0 saturated carbocycles. The number of nitrogens with zero attached hydrogens (tertiary/aromatic N) is 3. The van der Waals surface area contributed by atoms with Crippen molar-refractivity contribution < 1.29 is 9.90 Å². The molecule has 1 aromatic rings. The van der Waals surface area contributed by atoms with Crippen LogP contribution in [-0.4, -0.2) is 44.2 Å². The minimum Gasteiger partial charge on any atom is -0.390 e. The van der Waals surface area contributed by atoms with Gasteiger partial charge in [-0.2, -0.15) is 0 Å². The van der Waals surface area contributed by atoms with E-state index in [-0.39, 0.29) is 11.8 Å². The summed E-state index contributed by atoms with van der Waals surface area (Å²) in [5.41, 5.74) is 0.678. The van der Waals surface area contributed by atoms with Crippen molar-refractivity contribution in [3.8, 4) is 0 Å². The Balaban J connectivity index is 2.13. The standard InChI is InChI=1S/C13H21N3O2/c1-9-11(15(4)8-14-9)12(17)16-6-5-10(7-16)13(2,3)18/h8,10,18H,5-7H2,1-4H3/t10-/m0/s1. The molecule has 0 bridgehead atoms. The van der Waals surface area contributed by atoms with Gasteiger partial charge in [-0.15, -0.1) is 0 Å². The van der Waals surface area contributed by atoms with Crippen molar-refractivity contribution in [2.75, 3.05) is 13.1 Å². The maximum atomic E-state index is 12.4. The maximum Gasteiger partial charge on any atom is 0.272 e. The Morgan fingerprint density at radius 1 is 1.56 bits per heavy atom. The Morgan fingerprint density at radius 2 is 2.22 bits per heavy atom. The minimum atomic E-state index is -0.726. The number of aryl methyl sites for hydroxylation is 2. The first kappa shape index (κ1) is 13.1. The number of amides is 1. The minimum absolute atomic E-state index is 0.0132. The number of aromatic nitrogens is 2. The summed E-state index contributed by atoms with van der Waals surface area (Å²) < 4.78 is 1.76. The van der Waals surface area contributed by atoms with E-state index >= 15 is 0 Å². The van der Waals surface area contributed by atoms with Crippen LogP contribution in [0.25, 0.3) is 0 Å². The third kappa shape index (κ3) is 2.27. The average molecular weight is 251 g/mol. The molecule has 1 aliphatic heterocycles. The largest absolute Gasteiger partial charge is 0.390 e. The van der Waals surface area contributed by atoms with Gasteiger partial charge in [0.15, 0.2) is 0 Å². The summed E-state index contributed by atoms with van der Waals surface area (Å²) in [5, 5.41) is 10.0. The maximum absolute atomic E-state index is 12.4. The number of imidazole rings is 1. The molecule has 2 rings (SSSR count). The average Bonchev–Trinajstić information content (AvgIpc) is 2.84. The zero-order chi connectivity index (χ0) is 13.5. The summed E-state index contributed by atoms with van der Waals surface area (Å²) in [6.07, 6.45) is 2.51. The highest BCUT2D eigenvalue weighted by Gasteiger charge is 2.36. The van der Waals surface area contributed by atoms with E-state index in [0.29, 0.717) is 18.8 Å². The lowest BCUT2D eigenvalue weighted by Crippen LogP contribution is -2.36. The summed E-state index contributed by atoms with van der Waals surface area (Å²) >= 11 is 0. The van der Waals surface area contributed by atoms with Crippen molar-refractivity contribution in [2.24, 2.45) is 13.0 Å². The first-order valence-corrected chi connectivity index (χ1v) is 6.30. The summed E-state index contributed by atoms with van der Waals surface area (Å²) in [5.74, 6) is 0.161. The monoisotopic (exact) mass is 251 g/mol. The van der Waals surface area contributed by atoms with E-state index in [4.69, 9.17) is 0 Å². The first-order chi connectivity index (χ1) is 8.30. The summed E-state index contributed by atoms with van der Waals surface area (Å²) in [6.45, 7) is 6.78. The van der Waals surface area contributed by atoms with Gasteiger partial charge in [0, 0.05) is 26.1 Å². The lowest BCUT2D eigenvalue weighted by Gasteiger charge is -2.25. The fraction of sp³-hybridized carbons (Fsp3) is 0.692. The lowest BCUT2D eigenvalue weighted by molar-refractivity contribution is 0.0210. The van der Waals surface area contributed by atoms with Gasteiger partial charge in [-0.3, -0.25) is 4.79 Å². The highest BCUT2D eigenvalue weighted by molar-refractivity contribution is 5.93. The molecule has 2 heterocycles. The van der Waals surface area contributed by atoms with Crippen LogP contribution in [0.2, 0.25) is 0 Å². The molecule has 18 heavy (non-hydrogen) atoms. The summed E-state index contributed by atoms with van der Waals surface area (Å²) in [6, 6.07) is 0. The summed E-state index contributed by atoms with van der Waals surface area (Å²) in [7, 11) is 1.83. The molecule has 5 heteroatoms. The van der Waals surface area contributed by atoms with E-state index in [1.54, 1.807) is 24.7 Å². The second-order valence-electron chi connectivity index (χ2n) is 5.68. The Bertz CT molecular complexity index is 440. The van der Waals surface area contributed by atoms with Crippen LogP contribution >= 0.6 is 0 Å². The molecule has 0 unspecified atom stereocenters. The summed E-state index contributed by atoms with van der Waals surface area (Å²) in [4.78, 5) is 18.4. The van der Waals surface area contributed by atoms with Gasteiger partial charge >= 0.3 is 0 Å². The van der Waals surface area contributed by atoms with Crippen molar-refractivity contribution in [3.05, 3.63) is 17.7 Å². The molecule has 1 aromatic heterocycles. The fourth-order valence-corrected chi connectivity index (χ4v) is 2.52. The van der Waals surface area contributed by atoms with Crippen molar-refractivity contribution in [2.45, 2.75) is 32.8 Å². The Hall–Kier alpha value is -1.36. The lowest BCUT2D eigenvalue weighted by atomic mass is 9.90. The number of likely N-dealkylation sites (tertiary alicyclic amines) is 1. The Morgan fingerprint density at radius 3 is 2.67 bits per heavy atom. The fourth-order valence-electron chi connectivity index (χ4n) is 2.52. The molecule has 1 aliphatic rings. The van der Waals surface area contributed by atoms with Crippen molar-refractivity contribution in [1.82, 2.24) is 14.5 Å². The van der Waals surface area contributed by atoms with E-state index in [0.717, 1.165) is 12.1 Å². The van der Waals surface area contributed by atoms with Crippen LogP contribution in [0, 0.1) is 12.8 Å². The topological polar surface area (TPSA) is 58.4 Å². The van der Waals surface area contributed by atoms with E-state index < -0.39 is 5.60 Å². The molecule has 1 N–H and O–H groups in total. The van der Waals surface area contributed by atoms with Gasteiger partial charge in [-0.05, 0) is 27.2 Å². The van der Waals surface area contributed by atoms with E-state index in [2.05, 4.69) is 4.98 Å². The van der Waals surface area contributed by atoms with Gasteiger partial charge < -0.3 is 14.6 Å². The van der Waals surface area contributed by atoms with Gasteiger partial charge in [0.05, 0.1) is 17.6 Å². The second-order valence-corrected chi connectivity index (χ2v) is 5.68. The molecule has 0 radical (unpaired) electrons. The van der Waals surface area contributed by atoms with Crippen LogP contribution < -0.4 is 0 Å². The zero-order valence-corrected chi connectivity index (χ0v) is 11.5. The quantitative estimate of drug-likeness (QED) is 0.851. The van der Waals surface area contributed by atoms with Crippen molar-refractivity contribution >= 4 is 5.91 Å². The molecule has 1 fully saturated rings. The molecule has 1 amide bonds. The molecule has 5 nitrogen and oxygen atoms in total. The van der Waals surface area contributed by atoms with E-state index in [9.17, 15) is 9.90 Å². The molecular formula is C13H21N3O2. The second kappa shape index (κ2) is 4.39. The zero-order valence-electron chi connectivity index (χ0n) is 11.5. The molecule has 1 saturated heterocycles. The number of hydrogen-bond acceptors (Lipinski definition) is 3. The SMILES string of the molecule is Cc1ncn(C)c1C(=O)N1CC[C@H](C(C)(C)O)C1. The number of rotatable bonds is 2. The molecular weight excluding hydrogens is 230 g/mol. The van der Waals surface area contributed by atoms with Gasteiger partial charge in [0.2, 0.25) is 0 Å². The van der Waals surface area contributed by atoms with Crippen LogP contribution in [0.1, 0.15) is 36.5 Å². The smallest absolute Gasteiger partial charge is 0.272 e. The number of carbonyl (C=O) groups is 1. The van der Waals surface area contributed by atoms with Crippen molar-refractivity contribution in [1.29, 1.82) is 0 Å². The third-order valence-electron chi connectivity index (χ3n) is 3.80. The third-order valence-corrected chi connectivity index (χ3v) is 3.80. The Kier molecular flexibility index (Phi) is 3.19. The first-order valence-electron chi connectivity index (χ1n) is 6.30. The molecule has 0 spiro atoms. The predicted molar refractivity (Wildman–Crippen MR) is 68.3 cm³/mol. The van der Waals surface area contributed by atoms with E-state index in [1.807, 2.05) is 18.9 Å². The number of aliphatic hydroxyl groups is 1. The molecule has 0 aromatic carbocycles. The van der Waals surface area contributed by atoms with Crippen molar-refractivity contribution in [3.63, 3.8) is 0 Å². The van der Waals surface area contributed by atoms with Crippen LogP contribution in [0.3, 0.4) is 0 Å². The van der Waals surface area contributed by atoms with Gasteiger partial charge in [0.1, 0.15) is 5.69 Å². The van der Waals surface area contributed by atoms with Gasteiger partial charge in [-0.1, -0.05) is 0 Å². The molecule has 100 valence electrons. The molecule has 0 aliphatic carbocycles. The van der Waals surface area contributed by atoms with Crippen LogP contribution in [0.15, 0.2) is 6.33 Å². The van der Waals surface area contributed by atoms with Gasteiger partial charge in [-0.25, -0.2) is 4.98 Å². The van der Waals surface area contributed by atoms with Gasteiger partial charge in [0.25, 0.3) is 5.91 Å². The normalized spacial score (nSPS) is 20.5. The number of hydrogen-bond donors (Lipinski definition) is 1. The highest BCUT2D eigenvalue weighted by Crippen LogP contribution is 2.28. The number of carbonyl (C=O) groups excluding carboxylic acids is 1. The predicted octanol–water partition coefficient (Wildman–Crippen LogP) is 0.962. The molecule has 1 atom stereocenters. The van der Waals surface area contributed by atoms with Crippen LogP contribution in [-0.2, 0) is 7.05 Å². The Labute approximate surface area is 107 Å². The van der Waals surface area contributed by atoms with E-state index in [1.165, 1.54) is 0 Å². The van der Waals surface area contributed by atoms with Crippen LogP contribution in [0.5, 0.6) is 0 Å². The highest BCUT2D eigenvalue weighted by atomic mass is 16.3. The van der Waals surface area contributed by atoms with Crippen LogP contribution in [0.4, 0.5) is 0 Å².